The van der Waals surface area contributed by atoms with Gasteiger partial charge in [-0.3, -0.25) is 4.79 Å². The Bertz CT molecular complexity index is 665. The molecular formula is C15H22N6OS. The summed E-state index contributed by atoms with van der Waals surface area (Å²) in [5, 5.41) is 11.4. The molecule has 3 N–H and O–H groups in total. The largest absolute Gasteiger partial charge is 0.378 e. The van der Waals surface area contributed by atoms with E-state index in [1.165, 1.54) is 16.4 Å². The van der Waals surface area contributed by atoms with Crippen molar-refractivity contribution in [1.29, 1.82) is 0 Å². The van der Waals surface area contributed by atoms with Gasteiger partial charge in [-0.15, -0.1) is 10.2 Å². The number of aromatic nitrogens is 3. The van der Waals surface area contributed by atoms with Crippen LogP contribution in [-0.4, -0.2) is 40.6 Å². The van der Waals surface area contributed by atoms with E-state index in [0.717, 1.165) is 11.4 Å². The Kier molecular flexibility index (Phi) is 5.49. The van der Waals surface area contributed by atoms with Gasteiger partial charge >= 0.3 is 0 Å². The summed E-state index contributed by atoms with van der Waals surface area (Å²) in [6, 6.07) is 7.66. The molecule has 0 aliphatic carbocycles. The van der Waals surface area contributed by atoms with E-state index in [2.05, 4.69) is 15.5 Å². The smallest absolute Gasteiger partial charge is 0.234 e. The van der Waals surface area contributed by atoms with Gasteiger partial charge in [0.15, 0.2) is 5.82 Å². The molecule has 0 aliphatic heterocycles. The molecule has 124 valence electrons. The average molecular weight is 334 g/mol. The zero-order chi connectivity index (χ0) is 17.0. The first-order valence-electron chi connectivity index (χ1n) is 7.29. The number of carbonyl (C=O) groups is 1. The molecule has 7 nitrogen and oxygen atoms in total. The standard InChI is InChI=1S/C15H22N6OS/c1-10(2)14-18-19-15(21(14)16)23-9-13(22)17-11-5-7-12(8-6-11)20(3)4/h5-8,10H,9,16H2,1-4H3,(H,17,22). The first-order chi connectivity index (χ1) is 10.9. The lowest BCUT2D eigenvalue weighted by molar-refractivity contribution is -0.113. The molecule has 8 heteroatoms. The third-order valence-corrected chi connectivity index (χ3v) is 4.15. The fourth-order valence-corrected chi connectivity index (χ4v) is 2.61. The lowest BCUT2D eigenvalue weighted by atomic mass is 10.2. The summed E-state index contributed by atoms with van der Waals surface area (Å²) in [5.74, 6) is 6.93. The minimum absolute atomic E-state index is 0.110. The van der Waals surface area contributed by atoms with Gasteiger partial charge in [0.1, 0.15) is 0 Å². The van der Waals surface area contributed by atoms with E-state index in [4.69, 9.17) is 5.84 Å². The molecule has 2 aromatic rings. The summed E-state index contributed by atoms with van der Waals surface area (Å²) in [6.07, 6.45) is 0. The van der Waals surface area contributed by atoms with Crippen molar-refractivity contribution in [2.45, 2.75) is 24.9 Å². The second kappa shape index (κ2) is 7.36. The highest BCUT2D eigenvalue weighted by atomic mass is 32.2. The van der Waals surface area contributed by atoms with Crippen molar-refractivity contribution in [1.82, 2.24) is 14.9 Å². The summed E-state index contributed by atoms with van der Waals surface area (Å²) < 4.78 is 1.44. The van der Waals surface area contributed by atoms with Crippen LogP contribution >= 0.6 is 11.8 Å². The lowest BCUT2D eigenvalue weighted by Gasteiger charge is -2.13. The van der Waals surface area contributed by atoms with E-state index >= 15 is 0 Å². The normalized spacial score (nSPS) is 10.8. The number of nitrogens with zero attached hydrogens (tertiary/aromatic N) is 4. The highest BCUT2D eigenvalue weighted by Gasteiger charge is 2.14. The van der Waals surface area contributed by atoms with Crippen LogP contribution in [0.5, 0.6) is 0 Å². The molecule has 0 bridgehead atoms. The number of thioether (sulfide) groups is 1. The Labute approximate surface area is 140 Å². The number of anilines is 2. The molecule has 0 saturated heterocycles. The van der Waals surface area contributed by atoms with Crippen LogP contribution in [0.2, 0.25) is 0 Å². The molecule has 0 saturated carbocycles. The quantitative estimate of drug-likeness (QED) is 0.620. The monoisotopic (exact) mass is 334 g/mol. The molecule has 2 rings (SSSR count). The highest BCUT2D eigenvalue weighted by molar-refractivity contribution is 7.99. The number of nitrogens with one attached hydrogen (secondary N) is 1. The topological polar surface area (TPSA) is 89.1 Å². The van der Waals surface area contributed by atoms with Crippen molar-refractivity contribution in [2.24, 2.45) is 0 Å². The minimum Gasteiger partial charge on any atom is -0.378 e. The fraction of sp³-hybridized carbons (Fsp3) is 0.400. The maximum atomic E-state index is 12.0. The zero-order valence-electron chi connectivity index (χ0n) is 13.8. The summed E-state index contributed by atoms with van der Waals surface area (Å²) in [4.78, 5) is 14.0. The van der Waals surface area contributed by atoms with Crippen molar-refractivity contribution in [3.05, 3.63) is 30.1 Å². The van der Waals surface area contributed by atoms with Gasteiger partial charge in [0.2, 0.25) is 11.1 Å². The summed E-state index contributed by atoms with van der Waals surface area (Å²) in [7, 11) is 3.94. The number of nitrogens with two attached hydrogens (primary N) is 1. The van der Waals surface area contributed by atoms with Crippen LogP contribution in [0, 0.1) is 0 Å². The van der Waals surface area contributed by atoms with E-state index in [1.807, 2.05) is 57.1 Å². The number of carbonyl (C=O) groups excluding carboxylic acids is 1. The third-order valence-electron chi connectivity index (χ3n) is 3.21. The predicted molar refractivity (Wildman–Crippen MR) is 94.4 cm³/mol. The summed E-state index contributed by atoms with van der Waals surface area (Å²) in [5.41, 5.74) is 1.84. The van der Waals surface area contributed by atoms with Crippen molar-refractivity contribution >= 4 is 29.0 Å². The molecule has 0 radical (unpaired) electrons. The Balaban J connectivity index is 1.90. The van der Waals surface area contributed by atoms with E-state index in [-0.39, 0.29) is 17.6 Å². The molecule has 1 aromatic heterocycles. The number of nitrogen functional groups attached to an aromatic ring is 1. The Morgan fingerprint density at radius 2 is 1.96 bits per heavy atom. The van der Waals surface area contributed by atoms with Gasteiger partial charge < -0.3 is 16.1 Å². The van der Waals surface area contributed by atoms with Crippen LogP contribution in [0.4, 0.5) is 11.4 Å². The molecular weight excluding hydrogens is 312 g/mol. The maximum Gasteiger partial charge on any atom is 0.234 e. The predicted octanol–water partition coefficient (Wildman–Crippen LogP) is 1.91. The maximum absolute atomic E-state index is 12.0. The van der Waals surface area contributed by atoms with Crippen LogP contribution in [0.3, 0.4) is 0 Å². The van der Waals surface area contributed by atoms with E-state index in [1.54, 1.807) is 0 Å². The molecule has 0 atom stereocenters. The van der Waals surface area contributed by atoms with Gasteiger partial charge in [-0.05, 0) is 24.3 Å². The van der Waals surface area contributed by atoms with Crippen molar-refractivity contribution in [3.8, 4) is 0 Å². The van der Waals surface area contributed by atoms with Gasteiger partial charge in [0, 0.05) is 31.4 Å². The van der Waals surface area contributed by atoms with Crippen LogP contribution in [0.1, 0.15) is 25.6 Å². The Hall–Kier alpha value is -2.22. The summed E-state index contributed by atoms with van der Waals surface area (Å²) in [6.45, 7) is 3.98. The van der Waals surface area contributed by atoms with Crippen molar-refractivity contribution in [3.63, 3.8) is 0 Å². The number of amides is 1. The van der Waals surface area contributed by atoms with Crippen LogP contribution < -0.4 is 16.1 Å². The van der Waals surface area contributed by atoms with Crippen LogP contribution in [0.15, 0.2) is 29.4 Å². The second-order valence-electron chi connectivity index (χ2n) is 5.64. The first-order valence-corrected chi connectivity index (χ1v) is 8.27. The van der Waals surface area contributed by atoms with Gasteiger partial charge in [-0.25, -0.2) is 4.68 Å². The minimum atomic E-state index is -0.110. The first kappa shape index (κ1) is 17.1. The van der Waals surface area contributed by atoms with E-state index < -0.39 is 0 Å². The molecule has 0 spiro atoms. The molecule has 1 aromatic carbocycles. The molecule has 0 aliphatic rings. The second-order valence-corrected chi connectivity index (χ2v) is 6.59. The van der Waals surface area contributed by atoms with Crippen molar-refractivity contribution < 1.29 is 4.79 Å². The molecule has 23 heavy (non-hydrogen) atoms. The Morgan fingerprint density at radius 1 is 1.30 bits per heavy atom. The van der Waals surface area contributed by atoms with Crippen molar-refractivity contribution in [2.75, 3.05) is 35.9 Å². The van der Waals surface area contributed by atoms with Crippen LogP contribution in [-0.2, 0) is 4.79 Å². The molecule has 0 fully saturated rings. The van der Waals surface area contributed by atoms with Gasteiger partial charge in [-0.2, -0.15) is 0 Å². The zero-order valence-corrected chi connectivity index (χ0v) is 14.6. The number of hydrogen-bond donors (Lipinski definition) is 2. The third kappa shape index (κ3) is 4.38. The Morgan fingerprint density at radius 3 is 2.48 bits per heavy atom. The van der Waals surface area contributed by atoms with Gasteiger partial charge in [0.05, 0.1) is 5.75 Å². The molecule has 1 amide bonds. The van der Waals surface area contributed by atoms with Crippen LogP contribution in [0.25, 0.3) is 0 Å². The van der Waals surface area contributed by atoms with E-state index in [9.17, 15) is 4.79 Å². The highest BCUT2D eigenvalue weighted by Crippen LogP contribution is 2.19. The number of benzene rings is 1. The van der Waals surface area contributed by atoms with Gasteiger partial charge in [-0.1, -0.05) is 25.6 Å². The SMILES string of the molecule is CC(C)c1nnc(SCC(=O)Nc2ccc(N(C)C)cc2)n1N. The molecule has 0 unspecified atom stereocenters. The van der Waals surface area contributed by atoms with E-state index in [0.29, 0.717) is 11.0 Å². The fourth-order valence-electron chi connectivity index (χ4n) is 1.95. The summed E-state index contributed by atoms with van der Waals surface area (Å²) >= 11 is 1.26. The molecule has 1 heterocycles. The van der Waals surface area contributed by atoms with Gasteiger partial charge in [0.25, 0.3) is 0 Å². The number of hydrogen-bond acceptors (Lipinski definition) is 6. The number of rotatable bonds is 6. The average Bonchev–Trinajstić information content (AvgIpc) is 2.87. The lowest BCUT2D eigenvalue weighted by Crippen LogP contribution is -2.17.